The molecule has 0 amide bonds. The molecule has 5 atom stereocenters. The van der Waals surface area contributed by atoms with E-state index < -0.39 is 0 Å². The molecule has 2 nitrogen and oxygen atoms in total. The number of nitrogens with zero attached hydrogens (tertiary/aromatic N) is 1. The van der Waals surface area contributed by atoms with E-state index in [9.17, 15) is 0 Å². The molecule has 3 aliphatic carbocycles. The van der Waals surface area contributed by atoms with Gasteiger partial charge in [-0.3, -0.25) is 0 Å². The second-order valence-electron chi connectivity index (χ2n) is 6.84. The zero-order chi connectivity index (χ0) is 11.8. The molecule has 98 valence electrons. The molecule has 17 heavy (non-hydrogen) atoms. The topological polar surface area (TPSA) is 15.3 Å². The van der Waals surface area contributed by atoms with E-state index >= 15 is 0 Å². The Balaban J connectivity index is 1.48. The Morgan fingerprint density at radius 1 is 1.06 bits per heavy atom. The first kappa shape index (κ1) is 12.0. The van der Waals surface area contributed by atoms with Gasteiger partial charge >= 0.3 is 0 Å². The second-order valence-corrected chi connectivity index (χ2v) is 6.84. The number of rotatable bonds is 5. The molecule has 0 aromatic heterocycles. The highest BCUT2D eigenvalue weighted by Crippen LogP contribution is 2.48. The van der Waals surface area contributed by atoms with Gasteiger partial charge in [0.25, 0.3) is 0 Å². The fraction of sp³-hybridized carbons (Fsp3) is 1.00. The molecular formula is C15H28N2. The second kappa shape index (κ2) is 4.89. The fourth-order valence-corrected chi connectivity index (χ4v) is 4.74. The van der Waals surface area contributed by atoms with Gasteiger partial charge in [-0.25, -0.2) is 0 Å². The SMILES string of the molecule is CNCC1CCC1N(C)CC1CC2CCC1C2. The summed E-state index contributed by atoms with van der Waals surface area (Å²) < 4.78 is 0. The average molecular weight is 236 g/mol. The van der Waals surface area contributed by atoms with Crippen molar-refractivity contribution in [3.8, 4) is 0 Å². The lowest BCUT2D eigenvalue weighted by Gasteiger charge is -2.44. The van der Waals surface area contributed by atoms with Crippen LogP contribution in [0.3, 0.4) is 0 Å². The molecule has 3 rings (SSSR count). The van der Waals surface area contributed by atoms with Gasteiger partial charge in [0, 0.05) is 12.6 Å². The quantitative estimate of drug-likeness (QED) is 0.788. The van der Waals surface area contributed by atoms with Crippen LogP contribution in [-0.2, 0) is 0 Å². The molecule has 2 heteroatoms. The Bertz CT molecular complexity index is 266. The van der Waals surface area contributed by atoms with Crippen LogP contribution in [0.1, 0.15) is 38.5 Å². The first-order valence-corrected chi connectivity index (χ1v) is 7.62. The van der Waals surface area contributed by atoms with E-state index in [1.54, 1.807) is 12.8 Å². The highest BCUT2D eigenvalue weighted by Gasteiger charge is 2.41. The number of hydrogen-bond acceptors (Lipinski definition) is 2. The highest BCUT2D eigenvalue weighted by atomic mass is 15.1. The molecule has 0 aromatic carbocycles. The van der Waals surface area contributed by atoms with E-state index in [-0.39, 0.29) is 0 Å². The van der Waals surface area contributed by atoms with Crippen molar-refractivity contribution in [2.75, 3.05) is 27.2 Å². The van der Waals surface area contributed by atoms with Gasteiger partial charge in [0.2, 0.25) is 0 Å². The molecule has 0 saturated heterocycles. The highest BCUT2D eigenvalue weighted by molar-refractivity contribution is 4.94. The standard InChI is InChI=1S/C15H28N2/c1-16-9-13-5-6-15(13)17(2)10-14-8-11-3-4-12(14)7-11/h11-16H,3-10H2,1-2H3. The minimum Gasteiger partial charge on any atom is -0.319 e. The average Bonchev–Trinajstić information content (AvgIpc) is 2.85. The van der Waals surface area contributed by atoms with Crippen LogP contribution in [0.2, 0.25) is 0 Å². The van der Waals surface area contributed by atoms with Crippen molar-refractivity contribution in [2.45, 2.75) is 44.6 Å². The first-order chi connectivity index (χ1) is 8.28. The minimum atomic E-state index is 0.876. The summed E-state index contributed by atoms with van der Waals surface area (Å²) in [5.41, 5.74) is 0. The molecule has 0 aliphatic heterocycles. The minimum absolute atomic E-state index is 0.876. The molecule has 3 aliphatic rings. The summed E-state index contributed by atoms with van der Waals surface area (Å²) >= 11 is 0. The van der Waals surface area contributed by atoms with E-state index in [2.05, 4.69) is 24.3 Å². The lowest BCUT2D eigenvalue weighted by atomic mass is 9.77. The summed E-state index contributed by atoms with van der Waals surface area (Å²) in [6.07, 6.45) is 9.04. The van der Waals surface area contributed by atoms with Gasteiger partial charge < -0.3 is 10.2 Å². The maximum atomic E-state index is 3.35. The van der Waals surface area contributed by atoms with Crippen LogP contribution < -0.4 is 5.32 Å². The van der Waals surface area contributed by atoms with Gasteiger partial charge in [0.15, 0.2) is 0 Å². The molecule has 2 bridgehead atoms. The van der Waals surface area contributed by atoms with E-state index in [0.29, 0.717) is 0 Å². The van der Waals surface area contributed by atoms with Crippen molar-refractivity contribution in [3.05, 3.63) is 0 Å². The van der Waals surface area contributed by atoms with Gasteiger partial charge in [-0.05, 0) is 76.4 Å². The normalized spacial score (nSPS) is 44.3. The largest absolute Gasteiger partial charge is 0.319 e. The van der Waals surface area contributed by atoms with Crippen molar-refractivity contribution in [2.24, 2.45) is 23.7 Å². The molecule has 0 heterocycles. The molecule has 1 N–H and O–H groups in total. The van der Waals surface area contributed by atoms with Crippen LogP contribution in [0.5, 0.6) is 0 Å². The van der Waals surface area contributed by atoms with E-state index in [1.165, 1.54) is 38.8 Å². The first-order valence-electron chi connectivity index (χ1n) is 7.62. The predicted octanol–water partition coefficient (Wildman–Crippen LogP) is 2.35. The molecular weight excluding hydrogens is 208 g/mol. The van der Waals surface area contributed by atoms with Gasteiger partial charge in [-0.15, -0.1) is 0 Å². The molecule has 0 spiro atoms. The van der Waals surface area contributed by atoms with Gasteiger partial charge in [0.05, 0.1) is 0 Å². The lowest BCUT2D eigenvalue weighted by Crippen LogP contribution is -2.50. The smallest absolute Gasteiger partial charge is 0.0133 e. The third-order valence-electron chi connectivity index (χ3n) is 5.82. The number of nitrogens with one attached hydrogen (secondary N) is 1. The van der Waals surface area contributed by atoms with Crippen LogP contribution in [0.4, 0.5) is 0 Å². The van der Waals surface area contributed by atoms with Crippen molar-refractivity contribution in [1.29, 1.82) is 0 Å². The summed E-state index contributed by atoms with van der Waals surface area (Å²) in [4.78, 5) is 2.69. The number of hydrogen-bond donors (Lipinski definition) is 1. The third kappa shape index (κ3) is 2.26. The monoisotopic (exact) mass is 236 g/mol. The Morgan fingerprint density at radius 2 is 1.94 bits per heavy atom. The zero-order valence-electron chi connectivity index (χ0n) is 11.5. The summed E-state index contributed by atoms with van der Waals surface area (Å²) in [5.74, 6) is 4.15. The summed E-state index contributed by atoms with van der Waals surface area (Å²) in [5, 5.41) is 3.35. The summed E-state index contributed by atoms with van der Waals surface area (Å²) in [7, 11) is 4.46. The molecule has 5 unspecified atom stereocenters. The Labute approximate surface area is 106 Å². The van der Waals surface area contributed by atoms with Gasteiger partial charge in [0.1, 0.15) is 0 Å². The maximum absolute atomic E-state index is 3.35. The van der Waals surface area contributed by atoms with Crippen LogP contribution in [-0.4, -0.2) is 38.1 Å². The fourth-order valence-electron chi connectivity index (χ4n) is 4.74. The molecule has 0 aromatic rings. The van der Waals surface area contributed by atoms with Crippen molar-refractivity contribution >= 4 is 0 Å². The predicted molar refractivity (Wildman–Crippen MR) is 72.0 cm³/mol. The summed E-state index contributed by atoms with van der Waals surface area (Å²) in [6.45, 7) is 2.60. The van der Waals surface area contributed by atoms with Crippen molar-refractivity contribution in [1.82, 2.24) is 10.2 Å². The zero-order valence-corrected chi connectivity index (χ0v) is 11.5. The van der Waals surface area contributed by atoms with Crippen molar-refractivity contribution < 1.29 is 0 Å². The van der Waals surface area contributed by atoms with Gasteiger partial charge in [-0.2, -0.15) is 0 Å². The van der Waals surface area contributed by atoms with Crippen LogP contribution >= 0.6 is 0 Å². The van der Waals surface area contributed by atoms with Crippen LogP contribution in [0.25, 0.3) is 0 Å². The van der Waals surface area contributed by atoms with Gasteiger partial charge in [-0.1, -0.05) is 6.42 Å². The van der Waals surface area contributed by atoms with Crippen molar-refractivity contribution in [3.63, 3.8) is 0 Å². The maximum Gasteiger partial charge on any atom is 0.0133 e. The Morgan fingerprint density at radius 3 is 2.47 bits per heavy atom. The lowest BCUT2D eigenvalue weighted by molar-refractivity contribution is 0.0632. The number of fused-ring (bicyclic) bond motifs is 2. The van der Waals surface area contributed by atoms with E-state index in [4.69, 9.17) is 0 Å². The molecule has 3 fully saturated rings. The summed E-state index contributed by atoms with van der Waals surface area (Å²) in [6, 6.07) is 0.876. The van der Waals surface area contributed by atoms with E-state index in [1.807, 2.05) is 0 Å². The Kier molecular flexibility index (Phi) is 3.45. The van der Waals surface area contributed by atoms with E-state index in [0.717, 1.165) is 29.7 Å². The third-order valence-corrected chi connectivity index (χ3v) is 5.82. The molecule has 3 saturated carbocycles. The Hall–Kier alpha value is -0.0800. The van der Waals surface area contributed by atoms with Crippen LogP contribution in [0, 0.1) is 23.7 Å². The van der Waals surface area contributed by atoms with Crippen LogP contribution in [0.15, 0.2) is 0 Å². The molecule has 0 radical (unpaired) electrons.